The van der Waals surface area contributed by atoms with Gasteiger partial charge >= 0.3 is 18.5 Å². The Morgan fingerprint density at radius 1 is 0.975 bits per heavy atom. The van der Waals surface area contributed by atoms with E-state index in [1.165, 1.54) is 5.32 Å². The molecule has 0 spiro atoms. The van der Waals surface area contributed by atoms with Gasteiger partial charge in [0.25, 0.3) is 0 Å². The van der Waals surface area contributed by atoms with E-state index >= 15 is 0 Å². The minimum absolute atomic E-state index is 0.0235. The first kappa shape index (κ1) is 32.8. The zero-order valence-electron chi connectivity index (χ0n) is 20.1. The fraction of sp³-hybridized carbons (Fsp3) is 0.320. The summed E-state index contributed by atoms with van der Waals surface area (Å²) in [6, 6.07) is 3.79. The Kier molecular flexibility index (Phi) is 10.2. The van der Waals surface area contributed by atoms with Gasteiger partial charge < -0.3 is 5.32 Å². The van der Waals surface area contributed by atoms with Crippen molar-refractivity contribution in [1.29, 1.82) is 0 Å². The molecular formula is C25H18ClF10NO3. The zero-order valence-corrected chi connectivity index (χ0v) is 20.8. The monoisotopic (exact) mass is 605 g/mol. The highest BCUT2D eigenvalue weighted by molar-refractivity contribution is 6.30. The van der Waals surface area contributed by atoms with Crippen molar-refractivity contribution in [2.24, 2.45) is 5.92 Å². The lowest BCUT2D eigenvalue weighted by Crippen LogP contribution is -2.37. The normalized spacial score (nSPS) is 14.4. The number of aldehydes is 1. The fourth-order valence-electron chi connectivity index (χ4n) is 3.52. The largest absolute Gasteiger partial charge is 0.417 e. The molecule has 4 nitrogen and oxygen atoms in total. The molecule has 0 aliphatic heterocycles. The number of alkyl halides is 9. The van der Waals surface area contributed by atoms with E-state index in [2.05, 4.69) is 0 Å². The molecule has 0 aromatic heterocycles. The zero-order chi connectivity index (χ0) is 30.6. The lowest BCUT2D eigenvalue weighted by Gasteiger charge is -2.19. The first-order valence-corrected chi connectivity index (χ1v) is 11.4. The second kappa shape index (κ2) is 12.4. The van der Waals surface area contributed by atoms with Crippen LogP contribution in [0.5, 0.6) is 0 Å². The van der Waals surface area contributed by atoms with Crippen LogP contribution in [0.25, 0.3) is 5.83 Å². The van der Waals surface area contributed by atoms with Crippen LogP contribution in [-0.2, 0) is 11.0 Å². The molecule has 2 aromatic rings. The summed E-state index contributed by atoms with van der Waals surface area (Å²) in [5.41, 5.74) is -4.73. The molecule has 40 heavy (non-hydrogen) atoms. The molecule has 0 fully saturated rings. The number of amides is 1. The maximum atomic E-state index is 14.9. The van der Waals surface area contributed by atoms with E-state index in [1.54, 1.807) is 0 Å². The molecule has 1 N–H and O–H groups in total. The van der Waals surface area contributed by atoms with E-state index in [0.29, 0.717) is 12.1 Å². The van der Waals surface area contributed by atoms with Crippen molar-refractivity contribution in [3.63, 3.8) is 0 Å². The van der Waals surface area contributed by atoms with Crippen molar-refractivity contribution < 1.29 is 58.3 Å². The summed E-state index contributed by atoms with van der Waals surface area (Å²) in [7, 11) is 0. The van der Waals surface area contributed by atoms with E-state index in [-0.39, 0.29) is 29.0 Å². The molecule has 0 saturated heterocycles. The molecule has 1 unspecified atom stereocenters. The van der Waals surface area contributed by atoms with Gasteiger partial charge in [-0.1, -0.05) is 30.7 Å². The van der Waals surface area contributed by atoms with E-state index in [4.69, 9.17) is 11.6 Å². The molecule has 0 saturated carbocycles. The molecule has 2 rings (SSSR count). The smallest absolute Gasteiger partial charge is 0.347 e. The number of allylic oxidation sites excluding steroid dienone is 1. The average molecular weight is 606 g/mol. The highest BCUT2D eigenvalue weighted by Gasteiger charge is 2.41. The minimum atomic E-state index is -5.31. The maximum Gasteiger partial charge on any atom is 0.417 e. The van der Waals surface area contributed by atoms with Crippen LogP contribution in [0.2, 0.25) is 5.02 Å². The molecule has 218 valence electrons. The SMILES string of the molecule is C[C@@H](CC(=O)c1ccc(/C(F)=C/C(c2cc(Cl)cc(C=O)c2)C(F)(F)F)cc1C(F)(F)F)C(=O)NCC(F)(F)F. The predicted molar refractivity (Wildman–Crippen MR) is 123 cm³/mol. The van der Waals surface area contributed by atoms with E-state index in [0.717, 1.165) is 25.1 Å². The number of hydrogen-bond acceptors (Lipinski definition) is 3. The Balaban J connectivity index is 2.45. The Morgan fingerprint density at radius 3 is 2.12 bits per heavy atom. The highest BCUT2D eigenvalue weighted by Crippen LogP contribution is 2.40. The average Bonchev–Trinajstić information content (AvgIpc) is 2.82. The molecular weight excluding hydrogens is 588 g/mol. The van der Waals surface area contributed by atoms with Gasteiger partial charge in [-0.15, -0.1) is 0 Å². The fourth-order valence-corrected chi connectivity index (χ4v) is 3.77. The van der Waals surface area contributed by atoms with Crippen LogP contribution in [0.15, 0.2) is 42.5 Å². The summed E-state index contributed by atoms with van der Waals surface area (Å²) in [6.45, 7) is -0.736. The van der Waals surface area contributed by atoms with Gasteiger partial charge in [0.15, 0.2) is 5.78 Å². The highest BCUT2D eigenvalue weighted by atomic mass is 35.5. The third kappa shape index (κ3) is 9.07. The van der Waals surface area contributed by atoms with Crippen molar-refractivity contribution in [3.05, 3.63) is 75.3 Å². The minimum Gasteiger partial charge on any atom is -0.347 e. The molecule has 0 bridgehead atoms. The van der Waals surface area contributed by atoms with Crippen LogP contribution >= 0.6 is 11.6 Å². The van der Waals surface area contributed by atoms with E-state index in [1.807, 2.05) is 0 Å². The van der Waals surface area contributed by atoms with Gasteiger partial charge in [0.05, 0.1) is 5.56 Å². The summed E-state index contributed by atoms with van der Waals surface area (Å²) in [4.78, 5) is 35.3. The Morgan fingerprint density at radius 2 is 1.60 bits per heavy atom. The van der Waals surface area contributed by atoms with Gasteiger partial charge in [0, 0.05) is 34.1 Å². The van der Waals surface area contributed by atoms with Crippen molar-refractivity contribution in [2.75, 3.05) is 6.54 Å². The summed E-state index contributed by atoms with van der Waals surface area (Å²) in [5, 5.41) is 1.20. The van der Waals surface area contributed by atoms with Crippen molar-refractivity contribution >= 4 is 35.4 Å². The van der Waals surface area contributed by atoms with E-state index in [9.17, 15) is 58.3 Å². The van der Waals surface area contributed by atoms with Crippen LogP contribution in [0, 0.1) is 5.92 Å². The summed E-state index contributed by atoms with van der Waals surface area (Å²) < 4.78 is 134. The van der Waals surface area contributed by atoms with Gasteiger partial charge in [-0.3, -0.25) is 14.4 Å². The second-order valence-electron chi connectivity index (χ2n) is 8.59. The second-order valence-corrected chi connectivity index (χ2v) is 9.03. The number of benzene rings is 2. The Hall–Kier alpha value is -3.42. The standard InChI is InChI=1S/C25H18ClF10NO3/c1-12(22(40)37-11-23(28,29)30)4-21(39)17-3-2-14(8-19(17)25(34,35)36)20(27)9-18(24(31,32)33)15-5-13(10-38)6-16(26)7-15/h2-3,5-10,12,18H,4,11H2,1H3,(H,37,40)/b20-9-/t12-,18?/m0/s1. The van der Waals surface area contributed by atoms with Crippen LogP contribution in [0.4, 0.5) is 43.9 Å². The molecule has 0 aliphatic rings. The Labute approximate surface area is 225 Å². The van der Waals surface area contributed by atoms with Crippen LogP contribution in [0.1, 0.15) is 56.7 Å². The first-order chi connectivity index (χ1) is 18.2. The van der Waals surface area contributed by atoms with Crippen LogP contribution in [-0.4, -0.2) is 36.9 Å². The topological polar surface area (TPSA) is 63.2 Å². The van der Waals surface area contributed by atoms with Crippen molar-refractivity contribution in [1.82, 2.24) is 5.32 Å². The lowest BCUT2D eigenvalue weighted by molar-refractivity contribution is -0.140. The number of ketones is 1. The number of hydrogen-bond donors (Lipinski definition) is 1. The summed E-state index contributed by atoms with van der Waals surface area (Å²) in [5.74, 6) is -8.54. The van der Waals surface area contributed by atoms with E-state index < -0.39 is 83.1 Å². The van der Waals surface area contributed by atoms with Gasteiger partial charge in [-0.2, -0.15) is 39.5 Å². The summed E-state index contributed by atoms with van der Waals surface area (Å²) >= 11 is 5.71. The number of nitrogens with one attached hydrogen (secondary N) is 1. The molecule has 1 amide bonds. The molecule has 2 aromatic carbocycles. The third-order valence-corrected chi connectivity index (χ3v) is 5.62. The van der Waals surface area contributed by atoms with Gasteiger partial charge in [-0.25, -0.2) is 4.39 Å². The molecule has 2 atom stereocenters. The summed E-state index contributed by atoms with van der Waals surface area (Å²) in [6.07, 6.45) is -16.0. The van der Waals surface area contributed by atoms with Crippen molar-refractivity contribution in [3.8, 4) is 0 Å². The van der Waals surface area contributed by atoms with Crippen molar-refractivity contribution in [2.45, 2.75) is 37.8 Å². The van der Waals surface area contributed by atoms with Crippen LogP contribution in [0.3, 0.4) is 0 Å². The number of carbonyl (C=O) groups is 3. The van der Waals surface area contributed by atoms with Gasteiger partial charge in [0.1, 0.15) is 24.6 Å². The first-order valence-electron chi connectivity index (χ1n) is 11.0. The van der Waals surface area contributed by atoms with Gasteiger partial charge in [0.2, 0.25) is 5.91 Å². The number of carbonyl (C=O) groups excluding carboxylic acids is 3. The van der Waals surface area contributed by atoms with Crippen LogP contribution < -0.4 is 5.32 Å². The molecule has 0 aliphatic carbocycles. The van der Waals surface area contributed by atoms with Gasteiger partial charge in [-0.05, 0) is 35.9 Å². The number of Topliss-reactive ketones (excluding diaryl/α,β-unsaturated/α-hetero) is 1. The predicted octanol–water partition coefficient (Wildman–Crippen LogP) is 7.72. The molecule has 0 heterocycles. The molecule has 0 radical (unpaired) electrons. The number of rotatable bonds is 9. The maximum absolute atomic E-state index is 14.9. The molecule has 15 heteroatoms. The third-order valence-electron chi connectivity index (χ3n) is 5.41. The Bertz CT molecular complexity index is 1300. The lowest BCUT2D eigenvalue weighted by atomic mass is 9.92. The number of halogens is 11. The quantitative estimate of drug-likeness (QED) is 0.181.